The Kier molecular flexibility index (Phi) is 3.74. The van der Waals surface area contributed by atoms with Crippen LogP contribution in [0.5, 0.6) is 0 Å². The SMILES string of the molecule is C#CC(C)NC(C)c1oc2ccccc2c1CC. The first kappa shape index (κ1) is 12.7. The summed E-state index contributed by atoms with van der Waals surface area (Å²) in [4.78, 5) is 0. The van der Waals surface area contributed by atoms with E-state index in [0.29, 0.717) is 0 Å². The Morgan fingerprint density at radius 1 is 1.33 bits per heavy atom. The number of rotatable bonds is 4. The first-order valence-electron chi connectivity index (χ1n) is 6.39. The highest BCUT2D eigenvalue weighted by atomic mass is 16.3. The Labute approximate surface area is 108 Å². The van der Waals surface area contributed by atoms with Crippen molar-refractivity contribution in [1.82, 2.24) is 5.32 Å². The van der Waals surface area contributed by atoms with Gasteiger partial charge in [0.2, 0.25) is 0 Å². The molecule has 0 aliphatic carbocycles. The van der Waals surface area contributed by atoms with Crippen LogP contribution in [0.25, 0.3) is 11.0 Å². The molecule has 2 rings (SSSR count). The molecule has 0 saturated carbocycles. The number of benzene rings is 1. The molecule has 1 N–H and O–H groups in total. The third-order valence-corrected chi connectivity index (χ3v) is 3.23. The van der Waals surface area contributed by atoms with E-state index >= 15 is 0 Å². The standard InChI is InChI=1S/C16H19NO/c1-5-11(3)17-12(4)16-13(6-2)14-9-7-8-10-15(14)18-16/h1,7-12,17H,6H2,2-4H3. The lowest BCUT2D eigenvalue weighted by molar-refractivity contribution is 0.436. The van der Waals surface area contributed by atoms with Gasteiger partial charge in [-0.3, -0.25) is 5.32 Å². The third-order valence-electron chi connectivity index (χ3n) is 3.23. The molecule has 0 aliphatic heterocycles. The van der Waals surface area contributed by atoms with Gasteiger partial charge in [-0.05, 0) is 26.3 Å². The van der Waals surface area contributed by atoms with Crippen molar-refractivity contribution in [1.29, 1.82) is 0 Å². The molecule has 2 atom stereocenters. The summed E-state index contributed by atoms with van der Waals surface area (Å²) in [5.41, 5.74) is 2.22. The van der Waals surface area contributed by atoms with Gasteiger partial charge in [-0.2, -0.15) is 0 Å². The van der Waals surface area contributed by atoms with Crippen LogP contribution in [-0.4, -0.2) is 6.04 Å². The molecule has 0 aliphatic rings. The minimum Gasteiger partial charge on any atom is -0.459 e. The molecule has 94 valence electrons. The Bertz CT molecular complexity index is 576. The first-order valence-corrected chi connectivity index (χ1v) is 6.39. The second-order valence-electron chi connectivity index (χ2n) is 4.57. The van der Waals surface area contributed by atoms with Gasteiger partial charge in [0, 0.05) is 10.9 Å². The molecule has 2 nitrogen and oxygen atoms in total. The third kappa shape index (κ3) is 2.27. The maximum absolute atomic E-state index is 5.97. The number of furan rings is 1. The summed E-state index contributed by atoms with van der Waals surface area (Å²) in [6.07, 6.45) is 6.36. The average Bonchev–Trinajstić information content (AvgIpc) is 2.77. The lowest BCUT2D eigenvalue weighted by atomic mass is 10.0. The van der Waals surface area contributed by atoms with Crippen LogP contribution in [0.1, 0.15) is 38.1 Å². The lowest BCUT2D eigenvalue weighted by Crippen LogP contribution is -2.27. The van der Waals surface area contributed by atoms with E-state index < -0.39 is 0 Å². The Hall–Kier alpha value is -1.72. The molecule has 1 aromatic heterocycles. The number of nitrogens with one attached hydrogen (secondary N) is 1. The maximum Gasteiger partial charge on any atom is 0.134 e. The monoisotopic (exact) mass is 241 g/mol. The van der Waals surface area contributed by atoms with Crippen molar-refractivity contribution in [3.63, 3.8) is 0 Å². The molecule has 18 heavy (non-hydrogen) atoms. The van der Waals surface area contributed by atoms with Crippen LogP contribution in [0.2, 0.25) is 0 Å². The summed E-state index contributed by atoms with van der Waals surface area (Å²) in [7, 11) is 0. The summed E-state index contributed by atoms with van der Waals surface area (Å²) < 4.78 is 5.97. The van der Waals surface area contributed by atoms with E-state index in [4.69, 9.17) is 10.8 Å². The van der Waals surface area contributed by atoms with E-state index in [2.05, 4.69) is 31.2 Å². The smallest absolute Gasteiger partial charge is 0.134 e. The van der Waals surface area contributed by atoms with E-state index in [9.17, 15) is 0 Å². The maximum atomic E-state index is 5.97. The van der Waals surface area contributed by atoms with Gasteiger partial charge in [-0.1, -0.05) is 31.0 Å². The van der Waals surface area contributed by atoms with E-state index in [1.165, 1.54) is 10.9 Å². The minimum absolute atomic E-state index is 0.0397. The van der Waals surface area contributed by atoms with Crippen LogP contribution in [0.4, 0.5) is 0 Å². The molecule has 2 heteroatoms. The Morgan fingerprint density at radius 3 is 2.72 bits per heavy atom. The van der Waals surface area contributed by atoms with Crippen molar-refractivity contribution in [2.75, 3.05) is 0 Å². The van der Waals surface area contributed by atoms with E-state index in [1.807, 2.05) is 25.1 Å². The Morgan fingerprint density at radius 2 is 2.06 bits per heavy atom. The number of hydrogen-bond donors (Lipinski definition) is 1. The van der Waals surface area contributed by atoms with Crippen molar-refractivity contribution in [3.05, 3.63) is 35.6 Å². The van der Waals surface area contributed by atoms with Crippen LogP contribution in [0.3, 0.4) is 0 Å². The molecule has 1 heterocycles. The highest BCUT2D eigenvalue weighted by Gasteiger charge is 2.18. The van der Waals surface area contributed by atoms with E-state index in [1.54, 1.807) is 0 Å². The Balaban J connectivity index is 2.41. The zero-order valence-corrected chi connectivity index (χ0v) is 11.2. The summed E-state index contributed by atoms with van der Waals surface area (Å²) in [5, 5.41) is 4.56. The summed E-state index contributed by atoms with van der Waals surface area (Å²) in [5.74, 6) is 3.68. The molecule has 1 aromatic carbocycles. The van der Waals surface area contributed by atoms with Gasteiger partial charge in [0.1, 0.15) is 11.3 Å². The topological polar surface area (TPSA) is 25.2 Å². The molecule has 0 bridgehead atoms. The molecule has 0 saturated heterocycles. The molecule has 0 radical (unpaired) electrons. The average molecular weight is 241 g/mol. The summed E-state index contributed by atoms with van der Waals surface area (Å²) in [6.45, 7) is 6.22. The quantitative estimate of drug-likeness (QED) is 0.826. The molecule has 2 unspecified atom stereocenters. The zero-order chi connectivity index (χ0) is 13.1. The molecular weight excluding hydrogens is 222 g/mol. The normalized spacial score (nSPS) is 14.3. The van der Waals surface area contributed by atoms with E-state index in [0.717, 1.165) is 17.8 Å². The lowest BCUT2D eigenvalue weighted by Gasteiger charge is -2.15. The van der Waals surface area contributed by atoms with E-state index in [-0.39, 0.29) is 12.1 Å². The number of aryl methyl sites for hydroxylation is 1. The summed E-state index contributed by atoms with van der Waals surface area (Å²) in [6, 6.07) is 8.32. The zero-order valence-electron chi connectivity index (χ0n) is 11.2. The highest BCUT2D eigenvalue weighted by molar-refractivity contribution is 5.82. The number of fused-ring (bicyclic) bond motifs is 1. The van der Waals surface area contributed by atoms with Gasteiger partial charge >= 0.3 is 0 Å². The van der Waals surface area contributed by atoms with Crippen LogP contribution in [0.15, 0.2) is 28.7 Å². The van der Waals surface area contributed by atoms with Crippen LogP contribution in [0, 0.1) is 12.3 Å². The summed E-state index contributed by atoms with van der Waals surface area (Å²) >= 11 is 0. The van der Waals surface area contributed by atoms with Gasteiger partial charge in [-0.15, -0.1) is 6.42 Å². The highest BCUT2D eigenvalue weighted by Crippen LogP contribution is 2.30. The second kappa shape index (κ2) is 5.29. The number of hydrogen-bond acceptors (Lipinski definition) is 2. The van der Waals surface area contributed by atoms with Crippen molar-refractivity contribution in [2.45, 2.75) is 39.3 Å². The largest absolute Gasteiger partial charge is 0.459 e. The number of terminal acetylenes is 1. The van der Waals surface area contributed by atoms with Crippen LogP contribution in [-0.2, 0) is 6.42 Å². The van der Waals surface area contributed by atoms with Gasteiger partial charge < -0.3 is 4.42 Å². The minimum atomic E-state index is 0.0397. The van der Waals surface area contributed by atoms with Gasteiger partial charge in [0.05, 0.1) is 12.1 Å². The molecule has 2 aromatic rings. The van der Waals surface area contributed by atoms with Crippen molar-refractivity contribution in [2.24, 2.45) is 0 Å². The predicted molar refractivity (Wildman–Crippen MR) is 75.4 cm³/mol. The first-order chi connectivity index (χ1) is 8.67. The fraction of sp³-hybridized carbons (Fsp3) is 0.375. The second-order valence-corrected chi connectivity index (χ2v) is 4.57. The molecule has 0 spiro atoms. The van der Waals surface area contributed by atoms with Crippen molar-refractivity contribution < 1.29 is 4.42 Å². The van der Waals surface area contributed by atoms with Crippen molar-refractivity contribution >= 4 is 11.0 Å². The fourth-order valence-corrected chi connectivity index (χ4v) is 2.33. The van der Waals surface area contributed by atoms with Crippen LogP contribution < -0.4 is 5.32 Å². The van der Waals surface area contributed by atoms with Crippen LogP contribution >= 0.6 is 0 Å². The molecular formula is C16H19NO. The fourth-order valence-electron chi connectivity index (χ4n) is 2.33. The van der Waals surface area contributed by atoms with Gasteiger partial charge in [0.15, 0.2) is 0 Å². The molecule has 0 fully saturated rings. The van der Waals surface area contributed by atoms with Crippen molar-refractivity contribution in [3.8, 4) is 12.3 Å². The predicted octanol–water partition coefficient (Wildman–Crippen LogP) is 3.67. The van der Waals surface area contributed by atoms with Gasteiger partial charge in [-0.25, -0.2) is 0 Å². The molecule has 0 amide bonds. The van der Waals surface area contributed by atoms with Gasteiger partial charge in [0.25, 0.3) is 0 Å². The number of para-hydroxylation sites is 1.